The number of hydrazine groups is 1. The van der Waals surface area contributed by atoms with E-state index in [0.29, 0.717) is 11.4 Å². The summed E-state index contributed by atoms with van der Waals surface area (Å²) in [5, 5.41) is 6.25. The van der Waals surface area contributed by atoms with E-state index in [-0.39, 0.29) is 5.82 Å². The van der Waals surface area contributed by atoms with Gasteiger partial charge in [0.2, 0.25) is 5.82 Å². The number of benzene rings is 1. The molecule has 0 unspecified atom stereocenters. The standard InChI is InChI=1S/C19H14N6O2S/c26-18(13-6-4-10-20-12-13)22-23-19(27)16-21-17(15-9-5-11-28-15)25(24-16)14-7-2-1-3-8-14/h1-12H,(H,22,26)(H,23,27). The average Bonchev–Trinajstić information content (AvgIpc) is 3.43. The van der Waals surface area contributed by atoms with E-state index in [9.17, 15) is 9.59 Å². The van der Waals surface area contributed by atoms with Crippen LogP contribution in [0.5, 0.6) is 0 Å². The summed E-state index contributed by atoms with van der Waals surface area (Å²) < 4.78 is 1.60. The fourth-order valence-corrected chi connectivity index (χ4v) is 3.16. The largest absolute Gasteiger partial charge is 0.309 e. The molecular formula is C19H14N6O2S. The molecule has 0 saturated heterocycles. The molecule has 28 heavy (non-hydrogen) atoms. The van der Waals surface area contributed by atoms with E-state index in [4.69, 9.17) is 0 Å². The molecule has 0 aliphatic rings. The highest BCUT2D eigenvalue weighted by Crippen LogP contribution is 2.25. The van der Waals surface area contributed by atoms with E-state index in [1.807, 2.05) is 47.8 Å². The lowest BCUT2D eigenvalue weighted by Crippen LogP contribution is -2.42. The van der Waals surface area contributed by atoms with E-state index in [2.05, 4.69) is 25.9 Å². The molecular weight excluding hydrogens is 376 g/mol. The number of carbonyl (C=O) groups is 2. The van der Waals surface area contributed by atoms with Gasteiger partial charge in [-0.25, -0.2) is 9.67 Å². The van der Waals surface area contributed by atoms with Gasteiger partial charge in [0.15, 0.2) is 5.82 Å². The lowest BCUT2D eigenvalue weighted by atomic mass is 10.3. The smallest absolute Gasteiger partial charge is 0.267 e. The molecule has 4 rings (SSSR count). The summed E-state index contributed by atoms with van der Waals surface area (Å²) in [4.78, 5) is 33.6. The van der Waals surface area contributed by atoms with Crippen molar-refractivity contribution >= 4 is 23.2 Å². The molecule has 8 nitrogen and oxygen atoms in total. The van der Waals surface area contributed by atoms with Crippen LogP contribution < -0.4 is 10.9 Å². The van der Waals surface area contributed by atoms with Crippen molar-refractivity contribution in [3.05, 3.63) is 83.8 Å². The highest BCUT2D eigenvalue weighted by molar-refractivity contribution is 7.13. The van der Waals surface area contributed by atoms with Gasteiger partial charge in [-0.3, -0.25) is 25.4 Å². The summed E-state index contributed by atoms with van der Waals surface area (Å²) in [7, 11) is 0. The SMILES string of the molecule is O=C(NNC(=O)c1nc(-c2cccs2)n(-c2ccccc2)n1)c1cccnc1. The summed E-state index contributed by atoms with van der Waals surface area (Å²) in [6.07, 6.45) is 2.96. The zero-order valence-electron chi connectivity index (χ0n) is 14.4. The van der Waals surface area contributed by atoms with Crippen molar-refractivity contribution < 1.29 is 9.59 Å². The normalized spacial score (nSPS) is 10.4. The highest BCUT2D eigenvalue weighted by atomic mass is 32.1. The third-order valence-corrected chi connectivity index (χ3v) is 4.63. The van der Waals surface area contributed by atoms with Gasteiger partial charge in [0.05, 0.1) is 16.1 Å². The molecule has 0 atom stereocenters. The topological polar surface area (TPSA) is 102 Å². The maximum atomic E-state index is 12.5. The molecule has 1 aromatic carbocycles. The molecule has 3 heterocycles. The van der Waals surface area contributed by atoms with Gasteiger partial charge < -0.3 is 0 Å². The number of aromatic nitrogens is 4. The summed E-state index contributed by atoms with van der Waals surface area (Å²) in [5.41, 5.74) is 5.77. The molecule has 0 fully saturated rings. The number of carbonyl (C=O) groups excluding carboxylic acids is 2. The first-order valence-electron chi connectivity index (χ1n) is 8.29. The minimum absolute atomic E-state index is 0.0567. The second kappa shape index (κ2) is 7.80. The molecule has 0 spiro atoms. The van der Waals surface area contributed by atoms with Crippen LogP contribution in [-0.4, -0.2) is 31.6 Å². The van der Waals surface area contributed by atoms with Crippen LogP contribution in [0.15, 0.2) is 72.4 Å². The quantitative estimate of drug-likeness (QED) is 0.521. The van der Waals surface area contributed by atoms with Crippen molar-refractivity contribution in [3.8, 4) is 16.4 Å². The van der Waals surface area contributed by atoms with Crippen LogP contribution in [0.4, 0.5) is 0 Å². The second-order valence-electron chi connectivity index (χ2n) is 5.63. The van der Waals surface area contributed by atoms with Crippen LogP contribution in [0.1, 0.15) is 21.0 Å². The lowest BCUT2D eigenvalue weighted by Gasteiger charge is -2.05. The van der Waals surface area contributed by atoms with Gasteiger partial charge in [-0.05, 0) is 35.7 Å². The summed E-state index contributed by atoms with van der Waals surface area (Å²) in [5.74, 6) is -0.615. The fraction of sp³-hybridized carbons (Fsp3) is 0. The number of hydrogen-bond donors (Lipinski definition) is 2. The van der Waals surface area contributed by atoms with Crippen LogP contribution in [0.2, 0.25) is 0 Å². The summed E-state index contributed by atoms with van der Waals surface area (Å²) >= 11 is 1.49. The van der Waals surface area contributed by atoms with Gasteiger partial charge in [-0.15, -0.1) is 16.4 Å². The van der Waals surface area contributed by atoms with Gasteiger partial charge >= 0.3 is 5.91 Å². The van der Waals surface area contributed by atoms with Gasteiger partial charge in [-0.1, -0.05) is 24.3 Å². The molecule has 2 amide bonds. The van der Waals surface area contributed by atoms with Crippen LogP contribution in [0, 0.1) is 0 Å². The Morgan fingerprint density at radius 1 is 0.929 bits per heavy atom. The number of para-hydroxylation sites is 1. The molecule has 0 aliphatic carbocycles. The van der Waals surface area contributed by atoms with Crippen LogP contribution in [0.3, 0.4) is 0 Å². The van der Waals surface area contributed by atoms with Crippen LogP contribution in [0.25, 0.3) is 16.4 Å². The Bertz CT molecular complexity index is 1090. The maximum absolute atomic E-state index is 12.5. The molecule has 2 N–H and O–H groups in total. The van der Waals surface area contributed by atoms with E-state index in [1.165, 1.54) is 17.5 Å². The zero-order valence-corrected chi connectivity index (χ0v) is 15.3. The van der Waals surface area contributed by atoms with Gasteiger partial charge in [0.1, 0.15) is 0 Å². The zero-order chi connectivity index (χ0) is 19.3. The number of amides is 2. The third kappa shape index (κ3) is 3.64. The Morgan fingerprint density at radius 3 is 2.46 bits per heavy atom. The number of pyridine rings is 1. The van der Waals surface area contributed by atoms with Crippen molar-refractivity contribution in [2.45, 2.75) is 0 Å². The van der Waals surface area contributed by atoms with Crippen LogP contribution in [-0.2, 0) is 0 Å². The van der Waals surface area contributed by atoms with Crippen molar-refractivity contribution in [3.63, 3.8) is 0 Å². The van der Waals surface area contributed by atoms with Crippen molar-refractivity contribution in [1.29, 1.82) is 0 Å². The molecule has 3 aromatic heterocycles. The van der Waals surface area contributed by atoms with Gasteiger partial charge in [-0.2, -0.15) is 0 Å². The number of hydrogen-bond acceptors (Lipinski definition) is 6. The van der Waals surface area contributed by atoms with E-state index >= 15 is 0 Å². The first-order valence-corrected chi connectivity index (χ1v) is 9.17. The minimum Gasteiger partial charge on any atom is -0.267 e. The monoisotopic (exact) mass is 390 g/mol. The summed E-state index contributed by atoms with van der Waals surface area (Å²) in [6.45, 7) is 0. The van der Waals surface area contributed by atoms with Crippen molar-refractivity contribution in [1.82, 2.24) is 30.6 Å². The molecule has 9 heteroatoms. The van der Waals surface area contributed by atoms with Crippen molar-refractivity contribution in [2.24, 2.45) is 0 Å². The minimum atomic E-state index is -0.621. The summed E-state index contributed by atoms with van der Waals surface area (Å²) in [6, 6.07) is 16.4. The Balaban J connectivity index is 1.58. The fourth-order valence-electron chi connectivity index (χ4n) is 2.46. The third-order valence-electron chi connectivity index (χ3n) is 3.77. The molecule has 0 aliphatic heterocycles. The number of nitrogens with one attached hydrogen (secondary N) is 2. The first-order chi connectivity index (χ1) is 13.7. The molecule has 0 bridgehead atoms. The van der Waals surface area contributed by atoms with Gasteiger partial charge in [0.25, 0.3) is 5.91 Å². The Hall–Kier alpha value is -3.85. The molecule has 0 saturated carbocycles. The number of rotatable bonds is 4. The van der Waals surface area contributed by atoms with Crippen LogP contribution >= 0.6 is 11.3 Å². The Kier molecular flexibility index (Phi) is 4.89. The number of nitrogens with zero attached hydrogens (tertiary/aromatic N) is 4. The van der Waals surface area contributed by atoms with Gasteiger partial charge in [0, 0.05) is 12.4 Å². The predicted molar refractivity (Wildman–Crippen MR) is 104 cm³/mol. The maximum Gasteiger partial charge on any atom is 0.309 e. The Labute approximate surface area is 163 Å². The molecule has 4 aromatic rings. The average molecular weight is 390 g/mol. The van der Waals surface area contributed by atoms with E-state index in [0.717, 1.165) is 10.6 Å². The Morgan fingerprint density at radius 2 is 1.75 bits per heavy atom. The van der Waals surface area contributed by atoms with E-state index in [1.54, 1.807) is 23.0 Å². The second-order valence-corrected chi connectivity index (χ2v) is 6.58. The first kappa shape index (κ1) is 17.6. The van der Waals surface area contributed by atoms with E-state index < -0.39 is 11.8 Å². The molecule has 138 valence electrons. The lowest BCUT2D eigenvalue weighted by molar-refractivity contribution is 0.0841. The number of thiophene rings is 1. The highest BCUT2D eigenvalue weighted by Gasteiger charge is 2.20. The molecule has 0 radical (unpaired) electrons. The van der Waals surface area contributed by atoms with Crippen molar-refractivity contribution in [2.75, 3.05) is 0 Å². The predicted octanol–water partition coefficient (Wildman–Crippen LogP) is 2.47.